The van der Waals surface area contributed by atoms with E-state index in [0.29, 0.717) is 23.7 Å². The van der Waals surface area contributed by atoms with Crippen LogP contribution in [0.4, 0.5) is 5.69 Å². The first kappa shape index (κ1) is 21.6. The van der Waals surface area contributed by atoms with Crippen molar-refractivity contribution in [3.63, 3.8) is 0 Å². The summed E-state index contributed by atoms with van der Waals surface area (Å²) >= 11 is 6.20. The number of aryl methyl sites for hydroxylation is 2. The predicted molar refractivity (Wildman–Crippen MR) is 114 cm³/mol. The van der Waals surface area contributed by atoms with Gasteiger partial charge in [-0.15, -0.1) is 0 Å². The van der Waals surface area contributed by atoms with Gasteiger partial charge in [-0.1, -0.05) is 11.6 Å². The van der Waals surface area contributed by atoms with Crippen molar-refractivity contribution < 1.29 is 17.9 Å². The van der Waals surface area contributed by atoms with Crippen LogP contribution in [-0.4, -0.2) is 45.4 Å². The minimum absolute atomic E-state index is 0.169. The minimum Gasteiger partial charge on any atom is -0.481 e. The lowest BCUT2D eigenvalue weighted by Crippen LogP contribution is -2.39. The summed E-state index contributed by atoms with van der Waals surface area (Å²) in [6, 6.07) is 8.51. The summed E-state index contributed by atoms with van der Waals surface area (Å²) in [5, 5.41) is 0.688. The molecule has 1 aliphatic rings. The van der Waals surface area contributed by atoms with Gasteiger partial charge in [-0.25, -0.2) is 12.7 Å². The fourth-order valence-electron chi connectivity index (χ4n) is 3.43. The molecule has 0 saturated carbocycles. The number of benzene rings is 2. The molecule has 1 atom stereocenters. The van der Waals surface area contributed by atoms with E-state index in [2.05, 4.69) is 0 Å². The first-order valence-corrected chi connectivity index (χ1v) is 11.1. The number of sulfonamides is 1. The lowest BCUT2D eigenvalue weighted by Gasteiger charge is -2.23. The van der Waals surface area contributed by atoms with E-state index in [-0.39, 0.29) is 10.8 Å². The Hall–Kier alpha value is -2.09. The summed E-state index contributed by atoms with van der Waals surface area (Å²) in [5.74, 6) is 0.425. The third-order valence-electron chi connectivity index (χ3n) is 5.06. The molecule has 0 aliphatic carbocycles. The fourth-order valence-corrected chi connectivity index (χ4v) is 4.49. The molecule has 0 aromatic heterocycles. The van der Waals surface area contributed by atoms with Gasteiger partial charge < -0.3 is 9.64 Å². The van der Waals surface area contributed by atoms with Crippen molar-refractivity contribution in [3.05, 3.63) is 52.0 Å². The monoisotopic (exact) mass is 436 g/mol. The van der Waals surface area contributed by atoms with Crippen molar-refractivity contribution in [2.75, 3.05) is 25.5 Å². The maximum absolute atomic E-state index is 13.0. The van der Waals surface area contributed by atoms with Crippen LogP contribution in [0.5, 0.6) is 5.75 Å². The molecule has 0 bridgehead atoms. The molecule has 6 nitrogen and oxygen atoms in total. The molecule has 0 radical (unpaired) electrons. The van der Waals surface area contributed by atoms with Crippen LogP contribution in [0.3, 0.4) is 0 Å². The van der Waals surface area contributed by atoms with Gasteiger partial charge in [-0.3, -0.25) is 4.79 Å². The second-order valence-electron chi connectivity index (χ2n) is 7.45. The van der Waals surface area contributed by atoms with Crippen molar-refractivity contribution in [2.45, 2.75) is 38.2 Å². The van der Waals surface area contributed by atoms with Crippen molar-refractivity contribution in [1.82, 2.24) is 4.31 Å². The summed E-state index contributed by atoms with van der Waals surface area (Å²) in [5.41, 5.74) is 3.35. The number of amides is 1. The Kier molecular flexibility index (Phi) is 5.94. The van der Waals surface area contributed by atoms with Gasteiger partial charge in [0.1, 0.15) is 5.75 Å². The Bertz CT molecular complexity index is 1040. The molecule has 8 heteroatoms. The van der Waals surface area contributed by atoms with Gasteiger partial charge in [-0.2, -0.15) is 0 Å². The highest BCUT2D eigenvalue weighted by atomic mass is 35.5. The zero-order valence-corrected chi connectivity index (χ0v) is 18.8. The number of anilines is 1. The van der Waals surface area contributed by atoms with Crippen LogP contribution in [0.1, 0.15) is 23.6 Å². The summed E-state index contributed by atoms with van der Waals surface area (Å²) < 4.78 is 31.8. The number of halogens is 1. The van der Waals surface area contributed by atoms with E-state index < -0.39 is 16.1 Å². The Morgan fingerprint density at radius 3 is 2.38 bits per heavy atom. The molecular weight excluding hydrogens is 412 g/mol. The highest BCUT2D eigenvalue weighted by Crippen LogP contribution is 2.32. The standard InChI is InChI=1S/C21H25ClN2O4S/c1-13-10-17(11-14(2)20(13)22)28-15(3)21(25)24-9-8-16-12-18(6-7-19(16)24)29(26,27)23(4)5/h6-7,10-12,15H,8-9H2,1-5H3. The number of hydrogen-bond acceptors (Lipinski definition) is 4. The molecule has 3 rings (SSSR count). The lowest BCUT2D eigenvalue weighted by atomic mass is 10.1. The molecule has 0 fully saturated rings. The van der Waals surface area contributed by atoms with Crippen LogP contribution >= 0.6 is 11.6 Å². The maximum atomic E-state index is 13.0. The largest absolute Gasteiger partial charge is 0.481 e. The minimum atomic E-state index is -3.51. The van der Waals surface area contributed by atoms with Crippen LogP contribution in [0.25, 0.3) is 0 Å². The SMILES string of the molecule is Cc1cc(OC(C)C(=O)N2CCc3cc(S(=O)(=O)N(C)C)ccc32)cc(C)c1Cl. The van der Waals surface area contributed by atoms with E-state index in [0.717, 1.165) is 22.4 Å². The number of nitrogens with zero attached hydrogens (tertiary/aromatic N) is 2. The zero-order chi connectivity index (χ0) is 21.5. The first-order valence-electron chi connectivity index (χ1n) is 9.32. The fraction of sp³-hybridized carbons (Fsp3) is 0.381. The van der Waals surface area contributed by atoms with Crippen LogP contribution in [0, 0.1) is 13.8 Å². The molecule has 0 saturated heterocycles. The smallest absolute Gasteiger partial charge is 0.267 e. The Labute approximate surface area is 177 Å². The molecule has 29 heavy (non-hydrogen) atoms. The molecule has 1 unspecified atom stereocenters. The van der Waals surface area contributed by atoms with E-state index in [9.17, 15) is 13.2 Å². The molecule has 156 valence electrons. The van der Waals surface area contributed by atoms with E-state index in [1.807, 2.05) is 26.0 Å². The predicted octanol–water partition coefficient (Wildman–Crippen LogP) is 3.56. The Morgan fingerprint density at radius 2 is 1.79 bits per heavy atom. The second-order valence-corrected chi connectivity index (χ2v) is 9.98. The Balaban J connectivity index is 1.80. The van der Waals surface area contributed by atoms with Gasteiger partial charge in [0.2, 0.25) is 10.0 Å². The van der Waals surface area contributed by atoms with Crippen molar-refractivity contribution >= 4 is 33.2 Å². The molecule has 1 aliphatic heterocycles. The zero-order valence-electron chi connectivity index (χ0n) is 17.2. The van der Waals surface area contributed by atoms with Gasteiger partial charge in [-0.05, 0) is 74.2 Å². The maximum Gasteiger partial charge on any atom is 0.267 e. The number of ether oxygens (including phenoxy) is 1. The van der Waals surface area contributed by atoms with Gasteiger partial charge in [0.25, 0.3) is 5.91 Å². The number of rotatable bonds is 5. The number of fused-ring (bicyclic) bond motifs is 1. The normalized spacial score (nSPS) is 14.8. The molecule has 1 heterocycles. The van der Waals surface area contributed by atoms with Crippen LogP contribution in [-0.2, 0) is 21.2 Å². The van der Waals surface area contributed by atoms with Crippen molar-refractivity contribution in [2.24, 2.45) is 0 Å². The summed E-state index contributed by atoms with van der Waals surface area (Å²) in [7, 11) is -0.515. The highest BCUT2D eigenvalue weighted by Gasteiger charge is 2.30. The molecule has 1 amide bonds. The third-order valence-corrected chi connectivity index (χ3v) is 7.47. The van der Waals surface area contributed by atoms with Crippen LogP contribution < -0.4 is 9.64 Å². The average molecular weight is 437 g/mol. The van der Waals surface area contributed by atoms with Gasteiger partial charge >= 0.3 is 0 Å². The van der Waals surface area contributed by atoms with E-state index in [1.165, 1.54) is 24.5 Å². The van der Waals surface area contributed by atoms with Crippen LogP contribution in [0.15, 0.2) is 35.2 Å². The van der Waals surface area contributed by atoms with Crippen molar-refractivity contribution in [3.8, 4) is 5.75 Å². The van der Waals surface area contributed by atoms with E-state index in [4.69, 9.17) is 16.3 Å². The Morgan fingerprint density at radius 1 is 1.17 bits per heavy atom. The van der Waals surface area contributed by atoms with Gasteiger partial charge in [0.05, 0.1) is 4.90 Å². The quantitative estimate of drug-likeness (QED) is 0.718. The molecule has 2 aromatic rings. The van der Waals surface area contributed by atoms with Gasteiger partial charge in [0, 0.05) is 31.4 Å². The second kappa shape index (κ2) is 7.97. The third kappa shape index (κ3) is 4.13. The summed E-state index contributed by atoms with van der Waals surface area (Å²) in [6.45, 7) is 5.99. The van der Waals surface area contributed by atoms with Gasteiger partial charge in [0.15, 0.2) is 6.10 Å². The topological polar surface area (TPSA) is 66.9 Å². The van der Waals surface area contributed by atoms with Crippen molar-refractivity contribution in [1.29, 1.82) is 0 Å². The van der Waals surface area contributed by atoms with Crippen LogP contribution in [0.2, 0.25) is 5.02 Å². The van der Waals surface area contributed by atoms with E-state index >= 15 is 0 Å². The molecule has 2 aromatic carbocycles. The summed E-state index contributed by atoms with van der Waals surface area (Å²) in [4.78, 5) is 14.9. The first-order chi connectivity index (χ1) is 13.5. The number of carbonyl (C=O) groups is 1. The molecule has 0 N–H and O–H groups in total. The van der Waals surface area contributed by atoms with E-state index in [1.54, 1.807) is 24.0 Å². The number of carbonyl (C=O) groups excluding carboxylic acids is 1. The highest BCUT2D eigenvalue weighted by molar-refractivity contribution is 7.89. The molecule has 0 spiro atoms. The lowest BCUT2D eigenvalue weighted by molar-refractivity contribution is -0.124. The summed E-state index contributed by atoms with van der Waals surface area (Å²) in [6.07, 6.45) is -0.0879. The number of hydrogen-bond donors (Lipinski definition) is 0. The molecular formula is C21H25ClN2O4S. The average Bonchev–Trinajstić information content (AvgIpc) is 3.08.